The Kier molecular flexibility index (Phi) is 32.9. The fourth-order valence-electron chi connectivity index (χ4n) is 6.66. The van der Waals surface area contributed by atoms with Crippen LogP contribution in [0.2, 0.25) is 0 Å². The minimum atomic E-state index is -4.88. The fraction of sp³-hybridized carbons (Fsp3) is 0.667. The van der Waals surface area contributed by atoms with Crippen LogP contribution in [0.4, 0.5) is 0 Å². The average Bonchev–Trinajstić information content (AvgIpc) is 3.28. The molecule has 0 heterocycles. The molecule has 0 radical (unpaired) electrons. The van der Waals surface area contributed by atoms with Crippen LogP contribution in [0.25, 0.3) is 0 Å². The Labute approximate surface area is 430 Å². The largest absolute Gasteiger partial charge is 2.00 e. The number of carbonyl (C=O) groups excluding carboxylic acids is 4. The Morgan fingerprint density at radius 2 is 0.615 bits per heavy atom. The van der Waals surface area contributed by atoms with Crippen molar-refractivity contribution in [2.24, 2.45) is 23.7 Å². The van der Waals surface area contributed by atoms with Crippen molar-refractivity contribution in [3.63, 3.8) is 0 Å². The summed E-state index contributed by atoms with van der Waals surface area (Å²) in [5.41, 5.74) is -0.621. The average molecular weight is 1080 g/mol. The number of rotatable bonds is 30. The zero-order chi connectivity index (χ0) is 48.3. The first-order valence-corrected chi connectivity index (χ1v) is 26.0. The van der Waals surface area contributed by atoms with Gasteiger partial charge in [-0.1, -0.05) is 132 Å². The van der Waals surface area contributed by atoms with Gasteiger partial charge in [-0.25, -0.2) is 36.0 Å². The zero-order valence-electron chi connectivity index (χ0n) is 40.2. The van der Waals surface area contributed by atoms with E-state index in [2.05, 4.69) is 27.7 Å². The molecule has 0 fully saturated rings. The summed E-state index contributed by atoms with van der Waals surface area (Å²) in [6, 6.07) is 6.24. The molecule has 14 nitrogen and oxygen atoms in total. The SMILES string of the molecule is CCCCC(CC)COC(=O)c1cc(C(=O)OCC(CC)CCCC)cc(S(=O)(=O)[O-])c1.CCCCC(CC)COC(=O)c1cc(C(=O)OCC(CC)CCCC)cc(S(=O)(=O)[O-])c1.[Ba+2]. The van der Waals surface area contributed by atoms with Gasteiger partial charge in [-0.05, 0) is 85.8 Å². The second-order valence-corrected chi connectivity index (χ2v) is 19.2. The predicted octanol–water partition coefficient (Wildman–Crippen LogP) is 10.3. The van der Waals surface area contributed by atoms with Crippen LogP contribution in [0.1, 0.15) is 200 Å². The smallest absolute Gasteiger partial charge is 0.744 e. The summed E-state index contributed by atoms with van der Waals surface area (Å²) in [7, 11) is -9.75. The molecular formula is C48H74BaO14S2. The van der Waals surface area contributed by atoms with E-state index in [1.54, 1.807) is 0 Å². The molecule has 4 unspecified atom stereocenters. The summed E-state index contributed by atoms with van der Waals surface area (Å²) in [6.07, 6.45) is 15.3. The Bertz CT molecular complexity index is 1710. The van der Waals surface area contributed by atoms with Crippen LogP contribution in [0.5, 0.6) is 0 Å². The maximum Gasteiger partial charge on any atom is 2.00 e. The third kappa shape index (κ3) is 25.1. The van der Waals surface area contributed by atoms with E-state index in [0.717, 1.165) is 127 Å². The van der Waals surface area contributed by atoms with Crippen LogP contribution in [0.3, 0.4) is 0 Å². The summed E-state index contributed by atoms with van der Waals surface area (Å²) in [5, 5.41) is 0. The van der Waals surface area contributed by atoms with Gasteiger partial charge in [-0.2, -0.15) is 0 Å². The van der Waals surface area contributed by atoms with Gasteiger partial charge in [-0.3, -0.25) is 0 Å². The van der Waals surface area contributed by atoms with E-state index in [0.29, 0.717) is 0 Å². The quantitative estimate of drug-likeness (QED) is 0.0308. The van der Waals surface area contributed by atoms with E-state index in [-0.39, 0.29) is 121 Å². The van der Waals surface area contributed by atoms with E-state index in [4.69, 9.17) is 18.9 Å². The monoisotopic (exact) mass is 1080 g/mol. The zero-order valence-corrected chi connectivity index (χ0v) is 46.2. The van der Waals surface area contributed by atoms with Gasteiger partial charge in [0, 0.05) is 0 Å². The molecule has 2 aromatic carbocycles. The number of benzene rings is 2. The molecule has 17 heteroatoms. The molecule has 0 saturated heterocycles. The number of unbranched alkanes of at least 4 members (excludes halogenated alkanes) is 4. The molecule has 0 spiro atoms. The molecule has 0 N–H and O–H groups in total. The maximum atomic E-state index is 12.6. The molecular weight excluding hydrogens is 1000 g/mol. The van der Waals surface area contributed by atoms with Crippen LogP contribution in [-0.2, 0) is 39.2 Å². The molecule has 0 amide bonds. The topological polar surface area (TPSA) is 220 Å². The van der Waals surface area contributed by atoms with Crippen molar-refractivity contribution in [2.45, 2.75) is 168 Å². The molecule has 0 saturated carbocycles. The van der Waals surface area contributed by atoms with Crippen LogP contribution in [0, 0.1) is 23.7 Å². The molecule has 0 aliphatic heterocycles. The normalized spacial score (nSPS) is 13.2. The molecule has 0 bridgehead atoms. The van der Waals surface area contributed by atoms with Crippen molar-refractivity contribution < 1.29 is 64.1 Å². The van der Waals surface area contributed by atoms with Gasteiger partial charge in [0.1, 0.15) is 20.2 Å². The summed E-state index contributed by atoms with van der Waals surface area (Å²) >= 11 is 0. The Hall–Kier alpha value is -2.29. The first-order chi connectivity index (χ1) is 30.3. The minimum absolute atomic E-state index is 0. The number of ether oxygens (including phenoxy) is 4. The van der Waals surface area contributed by atoms with Crippen molar-refractivity contribution >= 4 is 93.0 Å². The number of carbonyl (C=O) groups is 4. The van der Waals surface area contributed by atoms with Crippen LogP contribution in [0.15, 0.2) is 46.2 Å². The van der Waals surface area contributed by atoms with E-state index < -0.39 is 53.9 Å². The van der Waals surface area contributed by atoms with Gasteiger partial charge in [0.05, 0.1) is 58.5 Å². The summed E-state index contributed by atoms with van der Waals surface area (Å²) in [5.74, 6) is -2.29. The predicted molar refractivity (Wildman–Crippen MR) is 249 cm³/mol. The first-order valence-electron chi connectivity index (χ1n) is 23.2. The number of esters is 4. The minimum Gasteiger partial charge on any atom is -0.744 e. The molecule has 2 rings (SSSR count). The Balaban J connectivity index is 0.00000124. The summed E-state index contributed by atoms with van der Waals surface area (Å²) < 4.78 is 90.9. The van der Waals surface area contributed by atoms with Crippen molar-refractivity contribution in [1.29, 1.82) is 0 Å². The molecule has 0 aromatic heterocycles. The van der Waals surface area contributed by atoms with Crippen molar-refractivity contribution in [2.75, 3.05) is 26.4 Å². The van der Waals surface area contributed by atoms with E-state index in [1.807, 2.05) is 27.7 Å². The molecule has 4 atom stereocenters. The van der Waals surface area contributed by atoms with Crippen molar-refractivity contribution in [3.05, 3.63) is 58.7 Å². The van der Waals surface area contributed by atoms with Crippen LogP contribution in [-0.4, -0.2) is 125 Å². The third-order valence-corrected chi connectivity index (χ3v) is 12.9. The van der Waals surface area contributed by atoms with E-state index >= 15 is 0 Å². The third-order valence-electron chi connectivity index (χ3n) is 11.3. The fourth-order valence-corrected chi connectivity index (χ4v) is 7.74. The number of hydrogen-bond donors (Lipinski definition) is 0. The van der Waals surface area contributed by atoms with Gasteiger partial charge in [-0.15, -0.1) is 0 Å². The van der Waals surface area contributed by atoms with Gasteiger partial charge < -0.3 is 28.1 Å². The summed E-state index contributed by atoms with van der Waals surface area (Å²) in [6.45, 7) is 17.2. The van der Waals surface area contributed by atoms with Crippen LogP contribution < -0.4 is 0 Å². The molecule has 0 aliphatic rings. The molecule has 2 aromatic rings. The van der Waals surface area contributed by atoms with Gasteiger partial charge in [0.15, 0.2) is 0 Å². The number of hydrogen-bond acceptors (Lipinski definition) is 14. The van der Waals surface area contributed by atoms with Gasteiger partial charge in [0.2, 0.25) is 0 Å². The second kappa shape index (κ2) is 34.1. The van der Waals surface area contributed by atoms with E-state index in [9.17, 15) is 45.1 Å². The Morgan fingerprint density at radius 1 is 0.415 bits per heavy atom. The van der Waals surface area contributed by atoms with Crippen LogP contribution >= 0.6 is 0 Å². The second-order valence-electron chi connectivity index (χ2n) is 16.5. The molecule has 364 valence electrons. The van der Waals surface area contributed by atoms with Crippen molar-refractivity contribution in [1.82, 2.24) is 0 Å². The summed E-state index contributed by atoms with van der Waals surface area (Å²) in [4.78, 5) is 48.9. The van der Waals surface area contributed by atoms with E-state index in [1.165, 1.54) is 12.1 Å². The van der Waals surface area contributed by atoms with Gasteiger partial charge >= 0.3 is 72.8 Å². The molecule has 0 aliphatic carbocycles. The van der Waals surface area contributed by atoms with Gasteiger partial charge in [0.25, 0.3) is 0 Å². The Morgan fingerprint density at radius 3 is 0.769 bits per heavy atom. The maximum absolute atomic E-state index is 12.6. The van der Waals surface area contributed by atoms with Crippen molar-refractivity contribution in [3.8, 4) is 0 Å². The molecule has 65 heavy (non-hydrogen) atoms. The standard InChI is InChI=1S/2C24H38O7S.Ba/c2*1-5-9-11-18(7-3)16-30-23(25)20-13-21(15-22(14-20)32(27,28)29)24(26)31-17-19(8-4)12-10-6-2;/h2*13-15,18-19H,5-12,16-17H2,1-4H3,(H,27,28,29);/q;;+2/p-2. The first kappa shape index (κ1) is 62.7.